The van der Waals surface area contributed by atoms with Gasteiger partial charge in [-0.3, -0.25) is 4.79 Å². The lowest BCUT2D eigenvalue weighted by atomic mass is 10.1. The van der Waals surface area contributed by atoms with Crippen molar-refractivity contribution in [2.24, 2.45) is 0 Å². The molecule has 0 radical (unpaired) electrons. The Bertz CT molecular complexity index is 552. The first-order chi connectivity index (χ1) is 8.16. The second kappa shape index (κ2) is 4.65. The van der Waals surface area contributed by atoms with Gasteiger partial charge in [0.05, 0.1) is 5.69 Å². The zero-order valence-corrected chi connectivity index (χ0v) is 9.47. The van der Waals surface area contributed by atoms with Crippen LogP contribution in [-0.2, 0) is 0 Å². The summed E-state index contributed by atoms with van der Waals surface area (Å²) in [6, 6.07) is 10.8. The normalized spacial score (nSPS) is 9.94. The Hall–Kier alpha value is -2.36. The topological polar surface area (TPSA) is 68.0 Å². The average Bonchev–Trinajstić information content (AvgIpc) is 2.32. The highest BCUT2D eigenvalue weighted by Gasteiger charge is 2.08. The summed E-state index contributed by atoms with van der Waals surface area (Å²) in [6.07, 6.45) is 1.59. The van der Waals surface area contributed by atoms with E-state index in [0.29, 0.717) is 17.1 Å². The van der Waals surface area contributed by atoms with Gasteiger partial charge in [-0.15, -0.1) is 0 Å². The number of nitrogens with two attached hydrogens (primary N) is 1. The molecule has 0 unspecified atom stereocenters. The zero-order valence-electron chi connectivity index (χ0n) is 9.47. The van der Waals surface area contributed by atoms with E-state index in [2.05, 4.69) is 10.3 Å². The van der Waals surface area contributed by atoms with Crippen molar-refractivity contribution in [2.75, 3.05) is 11.1 Å². The highest BCUT2D eigenvalue weighted by molar-refractivity contribution is 6.05. The Kier molecular flexibility index (Phi) is 3.05. The first-order valence-electron chi connectivity index (χ1n) is 5.25. The summed E-state index contributed by atoms with van der Waals surface area (Å²) in [5.74, 6) is 0.179. The summed E-state index contributed by atoms with van der Waals surface area (Å²) >= 11 is 0. The van der Waals surface area contributed by atoms with Crippen LogP contribution in [0.3, 0.4) is 0 Å². The molecule has 0 spiro atoms. The minimum Gasteiger partial charge on any atom is -0.396 e. The number of rotatable bonds is 2. The quantitative estimate of drug-likeness (QED) is 0.826. The maximum absolute atomic E-state index is 11.9. The summed E-state index contributed by atoms with van der Waals surface area (Å²) in [4.78, 5) is 15.9. The van der Waals surface area contributed by atoms with Gasteiger partial charge in [0.15, 0.2) is 5.82 Å². The summed E-state index contributed by atoms with van der Waals surface area (Å²) in [7, 11) is 0. The van der Waals surface area contributed by atoms with Crippen molar-refractivity contribution in [3.63, 3.8) is 0 Å². The molecule has 0 saturated heterocycles. The number of benzene rings is 1. The van der Waals surface area contributed by atoms with Crippen LogP contribution in [0.2, 0.25) is 0 Å². The van der Waals surface area contributed by atoms with Gasteiger partial charge in [-0.1, -0.05) is 17.7 Å². The molecule has 0 atom stereocenters. The van der Waals surface area contributed by atoms with Crippen LogP contribution < -0.4 is 11.1 Å². The van der Waals surface area contributed by atoms with E-state index in [0.717, 1.165) is 5.56 Å². The van der Waals surface area contributed by atoms with Gasteiger partial charge in [0.25, 0.3) is 5.91 Å². The summed E-state index contributed by atoms with van der Waals surface area (Å²) in [6.45, 7) is 1.94. The average molecular weight is 227 g/mol. The lowest BCUT2D eigenvalue weighted by Crippen LogP contribution is -2.14. The lowest BCUT2D eigenvalue weighted by molar-refractivity contribution is 0.102. The number of hydrogen-bond acceptors (Lipinski definition) is 3. The first-order valence-corrected chi connectivity index (χ1v) is 5.25. The fraction of sp³-hybridized carbons (Fsp3) is 0.0769. The van der Waals surface area contributed by atoms with E-state index in [1.165, 1.54) is 0 Å². The van der Waals surface area contributed by atoms with Crippen LogP contribution in [0, 0.1) is 6.92 Å². The molecule has 1 aromatic heterocycles. The van der Waals surface area contributed by atoms with Crippen LogP contribution in [0.4, 0.5) is 11.5 Å². The predicted octanol–water partition coefficient (Wildman–Crippen LogP) is 2.22. The minimum atomic E-state index is -0.209. The molecule has 4 heteroatoms. The molecular weight excluding hydrogens is 214 g/mol. The van der Waals surface area contributed by atoms with Crippen molar-refractivity contribution < 1.29 is 4.79 Å². The van der Waals surface area contributed by atoms with Crippen molar-refractivity contribution in [1.82, 2.24) is 4.98 Å². The highest BCUT2D eigenvalue weighted by Crippen LogP contribution is 2.14. The van der Waals surface area contributed by atoms with Gasteiger partial charge in [0.1, 0.15) is 0 Å². The Morgan fingerprint density at radius 3 is 2.82 bits per heavy atom. The molecule has 0 bridgehead atoms. The number of nitrogens with zero attached hydrogens (tertiary/aromatic N) is 1. The van der Waals surface area contributed by atoms with Crippen molar-refractivity contribution >= 4 is 17.4 Å². The van der Waals surface area contributed by atoms with Crippen LogP contribution in [-0.4, -0.2) is 10.9 Å². The third-order valence-corrected chi connectivity index (χ3v) is 2.35. The van der Waals surface area contributed by atoms with Crippen molar-refractivity contribution in [3.05, 3.63) is 53.7 Å². The predicted molar refractivity (Wildman–Crippen MR) is 67.8 cm³/mol. The molecule has 1 amide bonds. The van der Waals surface area contributed by atoms with E-state index in [1.807, 2.05) is 25.1 Å². The van der Waals surface area contributed by atoms with Gasteiger partial charge in [0.2, 0.25) is 0 Å². The molecule has 1 heterocycles. The fourth-order valence-corrected chi connectivity index (χ4v) is 1.49. The molecule has 2 aromatic rings. The molecule has 3 N–H and O–H groups in total. The molecular formula is C13H13N3O. The van der Waals surface area contributed by atoms with E-state index >= 15 is 0 Å². The van der Waals surface area contributed by atoms with Crippen LogP contribution in [0.15, 0.2) is 42.6 Å². The van der Waals surface area contributed by atoms with E-state index in [9.17, 15) is 4.79 Å². The first kappa shape index (κ1) is 11.1. The highest BCUT2D eigenvalue weighted by atomic mass is 16.1. The summed E-state index contributed by atoms with van der Waals surface area (Å²) < 4.78 is 0. The molecule has 86 valence electrons. The lowest BCUT2D eigenvalue weighted by Gasteiger charge is -2.06. The number of aromatic nitrogens is 1. The standard InChI is InChI=1S/C13H13N3O/c1-9-4-2-5-10(8-9)13(17)16-12-11(14)6-3-7-15-12/h2-8H,14H2,1H3,(H,15,16,17). The fourth-order valence-electron chi connectivity index (χ4n) is 1.49. The zero-order chi connectivity index (χ0) is 12.3. The Labute approximate surface area is 99.5 Å². The summed E-state index contributed by atoms with van der Waals surface area (Å²) in [5.41, 5.74) is 7.78. The van der Waals surface area contributed by atoms with Crippen molar-refractivity contribution in [3.8, 4) is 0 Å². The number of hydrogen-bond donors (Lipinski definition) is 2. The second-order valence-electron chi connectivity index (χ2n) is 3.76. The molecule has 0 aliphatic heterocycles. The number of carbonyl (C=O) groups excluding carboxylic acids is 1. The summed E-state index contributed by atoms with van der Waals surface area (Å²) in [5, 5.41) is 2.68. The van der Waals surface area contributed by atoms with E-state index in [-0.39, 0.29) is 5.91 Å². The van der Waals surface area contributed by atoms with E-state index < -0.39 is 0 Å². The van der Waals surface area contributed by atoms with Gasteiger partial charge in [0, 0.05) is 11.8 Å². The van der Waals surface area contributed by atoms with E-state index in [1.54, 1.807) is 24.4 Å². The largest absolute Gasteiger partial charge is 0.396 e. The van der Waals surface area contributed by atoms with Crippen molar-refractivity contribution in [1.29, 1.82) is 0 Å². The molecule has 0 aliphatic carbocycles. The Morgan fingerprint density at radius 1 is 1.29 bits per heavy atom. The number of nitrogen functional groups attached to an aromatic ring is 1. The van der Waals surface area contributed by atoms with Crippen LogP contribution in [0.5, 0.6) is 0 Å². The number of aryl methyl sites for hydroxylation is 1. The molecule has 1 aromatic carbocycles. The van der Waals surface area contributed by atoms with Gasteiger partial charge >= 0.3 is 0 Å². The maximum atomic E-state index is 11.9. The second-order valence-corrected chi connectivity index (χ2v) is 3.76. The number of amides is 1. The van der Waals surface area contributed by atoms with E-state index in [4.69, 9.17) is 5.73 Å². The number of anilines is 2. The van der Waals surface area contributed by atoms with Crippen LogP contribution >= 0.6 is 0 Å². The van der Waals surface area contributed by atoms with Gasteiger partial charge in [-0.25, -0.2) is 4.98 Å². The van der Waals surface area contributed by atoms with Crippen molar-refractivity contribution in [2.45, 2.75) is 6.92 Å². The van der Waals surface area contributed by atoms with Crippen LogP contribution in [0.1, 0.15) is 15.9 Å². The SMILES string of the molecule is Cc1cccc(C(=O)Nc2ncccc2N)c1. The smallest absolute Gasteiger partial charge is 0.256 e. The molecule has 0 aliphatic rings. The van der Waals surface area contributed by atoms with Gasteiger partial charge in [-0.05, 0) is 31.2 Å². The third-order valence-electron chi connectivity index (χ3n) is 2.35. The maximum Gasteiger partial charge on any atom is 0.256 e. The molecule has 17 heavy (non-hydrogen) atoms. The molecule has 4 nitrogen and oxygen atoms in total. The Balaban J connectivity index is 2.20. The molecule has 0 saturated carbocycles. The number of carbonyl (C=O) groups is 1. The monoisotopic (exact) mass is 227 g/mol. The van der Waals surface area contributed by atoms with Crippen LogP contribution in [0.25, 0.3) is 0 Å². The number of nitrogens with one attached hydrogen (secondary N) is 1. The molecule has 0 fully saturated rings. The third kappa shape index (κ3) is 2.60. The molecule has 2 rings (SSSR count). The number of pyridine rings is 1. The van der Waals surface area contributed by atoms with Gasteiger partial charge < -0.3 is 11.1 Å². The minimum absolute atomic E-state index is 0.209. The van der Waals surface area contributed by atoms with Gasteiger partial charge in [-0.2, -0.15) is 0 Å². The Morgan fingerprint density at radius 2 is 2.12 bits per heavy atom.